The molecule has 228 valence electrons. The molecule has 2 saturated carbocycles. The van der Waals surface area contributed by atoms with Gasteiger partial charge in [-0.05, 0) is 121 Å². The number of hydrogen-bond donors (Lipinski definition) is 2. The number of ether oxygens (including phenoxy) is 1. The molecule has 0 amide bonds. The molecule has 0 saturated heterocycles. The van der Waals surface area contributed by atoms with Crippen LogP contribution in [0, 0.1) is 13.8 Å². The Hall–Kier alpha value is -3.67. The van der Waals surface area contributed by atoms with E-state index in [9.17, 15) is 18.3 Å². The van der Waals surface area contributed by atoms with Crippen LogP contribution >= 0.6 is 0 Å². The van der Waals surface area contributed by atoms with E-state index >= 15 is 0 Å². The molecule has 3 aromatic carbocycles. The van der Waals surface area contributed by atoms with Gasteiger partial charge in [-0.2, -0.15) is 13.2 Å². The van der Waals surface area contributed by atoms with Gasteiger partial charge in [0.2, 0.25) is 0 Å². The van der Waals surface area contributed by atoms with E-state index in [-0.39, 0.29) is 5.41 Å². The predicted octanol–water partition coefficient (Wildman–Crippen LogP) is 10.2. The van der Waals surface area contributed by atoms with Gasteiger partial charge < -0.3 is 15.2 Å². The van der Waals surface area contributed by atoms with E-state index in [0.717, 1.165) is 72.4 Å². The molecule has 2 fully saturated rings. The number of benzene rings is 3. The smallest absolute Gasteiger partial charge is 0.416 e. The molecule has 0 aliphatic heterocycles. The Morgan fingerprint density at radius 3 is 1.88 bits per heavy atom. The van der Waals surface area contributed by atoms with Gasteiger partial charge in [0.15, 0.2) is 0 Å². The normalized spacial score (nSPS) is 15.0. The molecule has 5 rings (SSSR count). The van der Waals surface area contributed by atoms with Gasteiger partial charge in [-0.15, -0.1) is 0 Å². The summed E-state index contributed by atoms with van der Waals surface area (Å²) in [5.74, 6) is 1.31. The van der Waals surface area contributed by atoms with Crippen LogP contribution in [0.5, 0.6) is 5.75 Å². The average molecular weight is 590 g/mol. The molecule has 2 N–H and O–H groups in total. The van der Waals surface area contributed by atoms with Crippen LogP contribution in [0.4, 0.5) is 13.2 Å². The molecular formula is C37H42F3NO2. The minimum absolute atomic E-state index is 0.246. The molecule has 3 nitrogen and oxygen atoms in total. The minimum atomic E-state index is -4.35. The van der Waals surface area contributed by atoms with E-state index < -0.39 is 11.7 Å². The monoisotopic (exact) mass is 589 g/mol. The van der Waals surface area contributed by atoms with E-state index in [1.54, 1.807) is 0 Å². The third-order valence-corrected chi connectivity index (χ3v) is 8.90. The second-order valence-electron chi connectivity index (χ2n) is 12.7. The van der Waals surface area contributed by atoms with Gasteiger partial charge in [-0.25, -0.2) is 0 Å². The van der Waals surface area contributed by atoms with Crippen LogP contribution < -0.4 is 10.1 Å². The summed E-state index contributed by atoms with van der Waals surface area (Å²) in [4.78, 5) is 0. The summed E-state index contributed by atoms with van der Waals surface area (Å²) in [6, 6.07) is 18.0. The highest BCUT2D eigenvalue weighted by Crippen LogP contribution is 2.36. The molecule has 6 heteroatoms. The van der Waals surface area contributed by atoms with Crippen molar-refractivity contribution in [2.45, 2.75) is 84.2 Å². The number of aliphatic hydroxyl groups excluding tert-OH is 1. The Balaban J connectivity index is 1.24. The largest absolute Gasteiger partial charge is 0.512 e. The summed E-state index contributed by atoms with van der Waals surface area (Å²) in [7, 11) is 0. The fourth-order valence-corrected chi connectivity index (χ4v) is 5.88. The minimum Gasteiger partial charge on any atom is -0.512 e. The number of aryl methyl sites for hydroxylation is 2. The van der Waals surface area contributed by atoms with Gasteiger partial charge in [0.1, 0.15) is 5.75 Å². The molecule has 0 aromatic heterocycles. The van der Waals surface area contributed by atoms with Crippen molar-refractivity contribution in [1.82, 2.24) is 5.32 Å². The number of rotatable bonds is 10. The standard InChI is InChI=1S/C37H42F3NO2/c1-24-21-32(22-25(2)34(24)27-11-17-31(18-12-27)37(38,39)40)43-23-36(3,4)30-15-13-29(14-16-30)35(28-9-6-10-28)41-20-19-33(42)26-7-5-8-26/h11-18,21-22,41-42H,5-10,19-20,23H2,1-4H3. The highest BCUT2D eigenvalue weighted by Gasteiger charge is 2.30. The van der Waals surface area contributed by atoms with E-state index in [1.807, 2.05) is 26.0 Å². The summed E-state index contributed by atoms with van der Waals surface area (Å²) in [6.45, 7) is 9.46. The summed E-state index contributed by atoms with van der Waals surface area (Å²) in [5.41, 5.74) is 8.94. The molecule has 0 atom stereocenters. The van der Waals surface area contributed by atoms with E-state index in [0.29, 0.717) is 18.8 Å². The summed E-state index contributed by atoms with van der Waals surface area (Å²) >= 11 is 0. The lowest BCUT2D eigenvalue weighted by Gasteiger charge is -2.27. The first kappa shape index (κ1) is 30.8. The van der Waals surface area contributed by atoms with E-state index in [1.165, 1.54) is 52.9 Å². The molecule has 2 aliphatic rings. The summed E-state index contributed by atoms with van der Waals surface area (Å²) in [6.07, 6.45) is 3.04. The number of aliphatic hydroxyl groups is 1. The zero-order chi connectivity index (χ0) is 30.8. The molecular weight excluding hydrogens is 547 g/mol. The van der Waals surface area contributed by atoms with Crippen LogP contribution in [-0.2, 0) is 11.6 Å². The van der Waals surface area contributed by atoms with Crippen molar-refractivity contribution >= 4 is 5.70 Å². The number of halogens is 3. The zero-order valence-electron chi connectivity index (χ0n) is 25.6. The highest BCUT2D eigenvalue weighted by atomic mass is 19.4. The van der Waals surface area contributed by atoms with Crippen LogP contribution in [-0.4, -0.2) is 18.3 Å². The van der Waals surface area contributed by atoms with Gasteiger partial charge in [0.05, 0.1) is 17.9 Å². The molecule has 0 bridgehead atoms. The highest BCUT2D eigenvalue weighted by molar-refractivity contribution is 5.72. The second-order valence-corrected chi connectivity index (χ2v) is 12.7. The fourth-order valence-electron chi connectivity index (χ4n) is 5.88. The van der Waals surface area contributed by atoms with Crippen LogP contribution in [0.2, 0.25) is 0 Å². The van der Waals surface area contributed by atoms with Gasteiger partial charge in [0.25, 0.3) is 0 Å². The SMILES string of the molecule is Cc1cc(OCC(C)(C)c2ccc(C(NCCC(O)=C3CCC3)=C3CCC3)cc2)cc(C)c1-c1ccc(C(F)(F)F)cc1. The van der Waals surface area contributed by atoms with Crippen molar-refractivity contribution in [2.75, 3.05) is 13.2 Å². The summed E-state index contributed by atoms with van der Waals surface area (Å²) < 4.78 is 45.3. The number of alkyl halides is 3. The molecule has 0 unspecified atom stereocenters. The Bertz CT molecular complexity index is 1480. The van der Waals surface area contributed by atoms with Gasteiger partial charge in [-0.1, -0.05) is 50.2 Å². The first-order valence-electron chi connectivity index (χ1n) is 15.3. The molecule has 3 aromatic rings. The maximum absolute atomic E-state index is 13.0. The van der Waals surface area contributed by atoms with Gasteiger partial charge in [-0.3, -0.25) is 0 Å². The van der Waals surface area contributed by atoms with Gasteiger partial charge in [0, 0.05) is 24.1 Å². The number of hydrogen-bond acceptors (Lipinski definition) is 3. The van der Waals surface area contributed by atoms with Crippen LogP contribution in [0.1, 0.15) is 86.6 Å². The lowest BCUT2D eigenvalue weighted by Crippen LogP contribution is -2.26. The van der Waals surface area contributed by atoms with Crippen LogP contribution in [0.3, 0.4) is 0 Å². The number of nitrogens with one attached hydrogen (secondary N) is 1. The Morgan fingerprint density at radius 2 is 1.37 bits per heavy atom. The lowest BCUT2D eigenvalue weighted by atomic mass is 9.84. The predicted molar refractivity (Wildman–Crippen MR) is 168 cm³/mol. The van der Waals surface area contributed by atoms with E-state index in [4.69, 9.17) is 4.74 Å². The van der Waals surface area contributed by atoms with Crippen molar-refractivity contribution in [3.63, 3.8) is 0 Å². The van der Waals surface area contributed by atoms with Crippen molar-refractivity contribution < 1.29 is 23.0 Å². The second kappa shape index (κ2) is 12.5. The molecule has 0 radical (unpaired) electrons. The number of allylic oxidation sites excluding steroid dienone is 2. The van der Waals surface area contributed by atoms with Crippen molar-refractivity contribution in [2.24, 2.45) is 0 Å². The first-order valence-corrected chi connectivity index (χ1v) is 15.3. The third kappa shape index (κ3) is 7.11. The fraction of sp³-hybridized carbons (Fsp3) is 0.405. The van der Waals surface area contributed by atoms with Crippen LogP contribution in [0.25, 0.3) is 16.8 Å². The van der Waals surface area contributed by atoms with E-state index in [2.05, 4.69) is 43.4 Å². The third-order valence-electron chi connectivity index (χ3n) is 8.90. The zero-order valence-corrected chi connectivity index (χ0v) is 25.6. The molecule has 43 heavy (non-hydrogen) atoms. The topological polar surface area (TPSA) is 41.5 Å². The van der Waals surface area contributed by atoms with Crippen molar-refractivity contribution in [3.8, 4) is 16.9 Å². The molecule has 0 heterocycles. The maximum atomic E-state index is 13.0. The molecule has 0 spiro atoms. The van der Waals surface area contributed by atoms with Crippen LogP contribution in [0.15, 0.2) is 77.6 Å². The lowest BCUT2D eigenvalue weighted by molar-refractivity contribution is -0.137. The maximum Gasteiger partial charge on any atom is 0.416 e. The Labute approximate surface area is 253 Å². The van der Waals surface area contributed by atoms with Gasteiger partial charge >= 0.3 is 6.18 Å². The summed E-state index contributed by atoms with van der Waals surface area (Å²) in [5, 5.41) is 14.0. The van der Waals surface area contributed by atoms with Crippen molar-refractivity contribution in [1.29, 1.82) is 0 Å². The Morgan fingerprint density at radius 1 is 0.814 bits per heavy atom. The first-order chi connectivity index (χ1) is 20.4. The molecule has 2 aliphatic carbocycles. The quantitative estimate of drug-likeness (QED) is 0.231. The Kier molecular flexibility index (Phi) is 8.96. The van der Waals surface area contributed by atoms with Crippen molar-refractivity contribution in [3.05, 3.63) is 105 Å². The average Bonchev–Trinajstić information content (AvgIpc) is 2.89.